The highest BCUT2D eigenvalue weighted by Crippen LogP contribution is 2.14. The monoisotopic (exact) mass is 281 g/mol. The van der Waals surface area contributed by atoms with Crippen LogP contribution in [0, 0.1) is 0 Å². The summed E-state index contributed by atoms with van der Waals surface area (Å²) in [5.74, 6) is 5.71. The Bertz CT molecular complexity index is 232. The van der Waals surface area contributed by atoms with Crippen LogP contribution < -0.4 is 11.2 Å². The van der Waals surface area contributed by atoms with Crippen molar-refractivity contribution in [2.75, 3.05) is 41.0 Å². The van der Waals surface area contributed by atoms with E-state index in [0.717, 1.165) is 6.42 Å². The van der Waals surface area contributed by atoms with Crippen LogP contribution in [0.25, 0.3) is 0 Å². The number of hydrogen-bond donors (Lipinski definition) is 3. The van der Waals surface area contributed by atoms with Gasteiger partial charge in [0.25, 0.3) is 0 Å². The van der Waals surface area contributed by atoms with Gasteiger partial charge in [0.2, 0.25) is 0 Å². The number of nitrogens with two attached hydrogens (primary N) is 1. The van der Waals surface area contributed by atoms with E-state index >= 15 is 0 Å². The van der Waals surface area contributed by atoms with Crippen molar-refractivity contribution in [3.05, 3.63) is 0 Å². The molecule has 108 valence electrons. The molecule has 0 aliphatic heterocycles. The lowest BCUT2D eigenvalue weighted by Crippen LogP contribution is -2.44. The molecule has 0 saturated carbocycles. The fourth-order valence-corrected chi connectivity index (χ4v) is 3.18. The van der Waals surface area contributed by atoms with Crippen LogP contribution in [0.4, 0.5) is 4.79 Å². The van der Waals surface area contributed by atoms with E-state index in [1.54, 1.807) is 26.3 Å². The standard InChI is InChI=1S/C9H23N3O5Si/c1-15-18(16-2,17-3)8-4-6-12(10)7-5-11-9(13)14/h11H,4-8,10H2,1-3H3,(H,13,14). The lowest BCUT2D eigenvalue weighted by atomic mass is 10.4. The van der Waals surface area contributed by atoms with Crippen molar-refractivity contribution < 1.29 is 23.2 Å². The highest BCUT2D eigenvalue weighted by Gasteiger charge is 2.36. The largest absolute Gasteiger partial charge is 0.500 e. The van der Waals surface area contributed by atoms with Gasteiger partial charge in [0.05, 0.1) is 0 Å². The molecule has 0 rings (SSSR count). The van der Waals surface area contributed by atoms with E-state index in [9.17, 15) is 4.79 Å². The molecule has 0 aromatic carbocycles. The summed E-state index contributed by atoms with van der Waals surface area (Å²) >= 11 is 0. The first kappa shape index (κ1) is 17.3. The van der Waals surface area contributed by atoms with E-state index in [-0.39, 0.29) is 0 Å². The van der Waals surface area contributed by atoms with Crippen molar-refractivity contribution in [2.24, 2.45) is 5.84 Å². The van der Waals surface area contributed by atoms with Crippen molar-refractivity contribution in [2.45, 2.75) is 12.5 Å². The number of nitrogens with one attached hydrogen (secondary N) is 1. The van der Waals surface area contributed by atoms with Crippen molar-refractivity contribution >= 4 is 14.9 Å². The Morgan fingerprint density at radius 3 is 2.28 bits per heavy atom. The summed E-state index contributed by atoms with van der Waals surface area (Å²) in [5.41, 5.74) is 0. The van der Waals surface area contributed by atoms with Gasteiger partial charge in [-0.2, -0.15) is 0 Å². The van der Waals surface area contributed by atoms with Crippen LogP contribution in [0.2, 0.25) is 6.04 Å². The number of carbonyl (C=O) groups is 1. The molecule has 9 heteroatoms. The minimum absolute atomic E-state index is 0.299. The molecule has 8 nitrogen and oxygen atoms in total. The molecule has 0 radical (unpaired) electrons. The van der Waals surface area contributed by atoms with Gasteiger partial charge in [0, 0.05) is 47.0 Å². The van der Waals surface area contributed by atoms with Crippen molar-refractivity contribution in [1.29, 1.82) is 0 Å². The maximum absolute atomic E-state index is 10.2. The Labute approximate surface area is 108 Å². The minimum atomic E-state index is -2.53. The summed E-state index contributed by atoms with van der Waals surface area (Å²) in [6.45, 7) is 1.37. The molecule has 0 atom stereocenters. The molecule has 18 heavy (non-hydrogen) atoms. The number of hydrogen-bond acceptors (Lipinski definition) is 6. The van der Waals surface area contributed by atoms with E-state index in [2.05, 4.69) is 5.32 Å². The van der Waals surface area contributed by atoms with E-state index in [1.165, 1.54) is 0 Å². The van der Waals surface area contributed by atoms with Crippen molar-refractivity contribution in [3.63, 3.8) is 0 Å². The van der Waals surface area contributed by atoms with Gasteiger partial charge in [0.15, 0.2) is 0 Å². The highest BCUT2D eigenvalue weighted by molar-refractivity contribution is 6.60. The molecule has 4 N–H and O–H groups in total. The first-order valence-electron chi connectivity index (χ1n) is 5.61. The Morgan fingerprint density at radius 1 is 1.28 bits per heavy atom. The average molecular weight is 281 g/mol. The second-order valence-electron chi connectivity index (χ2n) is 3.67. The zero-order valence-electron chi connectivity index (χ0n) is 11.1. The first-order valence-corrected chi connectivity index (χ1v) is 7.54. The van der Waals surface area contributed by atoms with Gasteiger partial charge in [-0.1, -0.05) is 0 Å². The summed E-state index contributed by atoms with van der Waals surface area (Å²) < 4.78 is 15.8. The molecule has 0 aliphatic rings. The van der Waals surface area contributed by atoms with Crippen molar-refractivity contribution in [1.82, 2.24) is 10.3 Å². The highest BCUT2D eigenvalue weighted by atomic mass is 28.4. The molecule has 0 unspecified atom stereocenters. The average Bonchev–Trinajstić information content (AvgIpc) is 2.35. The molecule has 0 aromatic rings. The smallest absolute Gasteiger partial charge is 0.465 e. The van der Waals surface area contributed by atoms with Crippen LogP contribution >= 0.6 is 0 Å². The number of hydrazine groups is 1. The first-order chi connectivity index (χ1) is 8.49. The zero-order chi connectivity index (χ0) is 14.0. The van der Waals surface area contributed by atoms with Crippen LogP contribution in [0.15, 0.2) is 0 Å². The SMILES string of the molecule is CO[Si](CCCN(N)CCNC(=O)O)(OC)OC. The van der Waals surface area contributed by atoms with Crippen LogP contribution in [-0.4, -0.2) is 66.0 Å². The third kappa shape index (κ3) is 6.89. The van der Waals surface area contributed by atoms with Gasteiger partial charge in [-0.3, -0.25) is 5.84 Å². The topological polar surface area (TPSA) is 106 Å². The molecule has 0 heterocycles. The predicted molar refractivity (Wildman–Crippen MR) is 68.0 cm³/mol. The fourth-order valence-electron chi connectivity index (χ4n) is 1.47. The Balaban J connectivity index is 3.78. The van der Waals surface area contributed by atoms with Crippen LogP contribution in [0.5, 0.6) is 0 Å². The zero-order valence-corrected chi connectivity index (χ0v) is 12.1. The Kier molecular flexibility index (Phi) is 8.88. The number of nitrogens with zero attached hydrogens (tertiary/aromatic N) is 1. The third-order valence-electron chi connectivity index (χ3n) is 2.54. The fraction of sp³-hybridized carbons (Fsp3) is 0.889. The summed E-state index contributed by atoms with van der Waals surface area (Å²) in [4.78, 5) is 10.2. The third-order valence-corrected chi connectivity index (χ3v) is 5.37. The Hall–Kier alpha value is -0.713. The van der Waals surface area contributed by atoms with E-state index in [0.29, 0.717) is 25.7 Å². The lowest BCUT2D eigenvalue weighted by Gasteiger charge is -2.25. The summed E-state index contributed by atoms with van der Waals surface area (Å²) in [7, 11) is 2.17. The second kappa shape index (κ2) is 9.25. The molecule has 0 aliphatic carbocycles. The van der Waals surface area contributed by atoms with Crippen molar-refractivity contribution in [3.8, 4) is 0 Å². The molecule has 0 aromatic heterocycles. The summed E-state index contributed by atoms with van der Waals surface area (Å²) in [6.07, 6.45) is -0.293. The maximum atomic E-state index is 10.2. The van der Waals surface area contributed by atoms with Crippen LogP contribution in [0.1, 0.15) is 6.42 Å². The van der Waals surface area contributed by atoms with Gasteiger partial charge in [0.1, 0.15) is 0 Å². The minimum Gasteiger partial charge on any atom is -0.465 e. The number of amides is 1. The molecular formula is C9H23N3O5Si. The predicted octanol–water partition coefficient (Wildman–Crippen LogP) is -0.302. The molecule has 0 bridgehead atoms. The van der Waals surface area contributed by atoms with E-state index < -0.39 is 14.9 Å². The Morgan fingerprint density at radius 2 is 1.83 bits per heavy atom. The van der Waals surface area contributed by atoms with Gasteiger partial charge < -0.3 is 23.7 Å². The van der Waals surface area contributed by atoms with Crippen LogP contribution in [0.3, 0.4) is 0 Å². The van der Waals surface area contributed by atoms with E-state index in [1.807, 2.05) is 0 Å². The van der Waals surface area contributed by atoms with E-state index in [4.69, 9.17) is 24.2 Å². The summed E-state index contributed by atoms with van der Waals surface area (Å²) in [6, 6.07) is 0.663. The van der Waals surface area contributed by atoms with Crippen LogP contribution in [-0.2, 0) is 13.3 Å². The molecule has 1 amide bonds. The number of rotatable bonds is 10. The lowest BCUT2D eigenvalue weighted by molar-refractivity contribution is 0.121. The van der Waals surface area contributed by atoms with Gasteiger partial charge in [-0.25, -0.2) is 9.80 Å². The van der Waals surface area contributed by atoms with Gasteiger partial charge in [-0.05, 0) is 6.42 Å². The molecular weight excluding hydrogens is 258 g/mol. The molecule has 0 fully saturated rings. The van der Waals surface area contributed by atoms with Gasteiger partial charge >= 0.3 is 14.9 Å². The molecule has 0 spiro atoms. The second-order valence-corrected chi connectivity index (χ2v) is 6.76. The maximum Gasteiger partial charge on any atom is 0.500 e. The van der Waals surface area contributed by atoms with Gasteiger partial charge in [-0.15, -0.1) is 0 Å². The normalized spacial score (nSPS) is 11.8. The summed E-state index contributed by atoms with van der Waals surface area (Å²) in [5, 5.41) is 12.2. The molecule has 0 saturated heterocycles. The number of carboxylic acid groups (broad SMARTS) is 1. The quantitative estimate of drug-likeness (QED) is 0.287.